The number of carbonyl (C=O) groups is 1. The Kier molecular flexibility index (Phi) is 4.25. The molecular weight excluding hydrogens is 436 g/mol. The Morgan fingerprint density at radius 2 is 1.59 bits per heavy atom. The average molecular weight is 458 g/mol. The van der Waals surface area contributed by atoms with Gasteiger partial charge in [-0.25, -0.2) is 4.79 Å². The second-order valence-corrected chi connectivity index (χ2v) is 8.42. The molecular formula is C27H22O7. The third-order valence-corrected chi connectivity index (χ3v) is 6.94. The first-order valence-electron chi connectivity index (χ1n) is 10.8. The molecule has 1 fully saturated rings. The molecule has 3 aliphatic rings. The first-order chi connectivity index (χ1) is 16.5. The Hall–Kier alpha value is -3.97. The van der Waals surface area contributed by atoms with Gasteiger partial charge < -0.3 is 28.8 Å². The third kappa shape index (κ3) is 2.32. The molecule has 0 bridgehead atoms. The predicted octanol–water partition coefficient (Wildman–Crippen LogP) is 3.58. The van der Waals surface area contributed by atoms with Crippen LogP contribution in [0.1, 0.15) is 16.7 Å². The van der Waals surface area contributed by atoms with Crippen molar-refractivity contribution in [3.8, 4) is 23.0 Å². The molecule has 7 heteroatoms. The first kappa shape index (κ1) is 20.6. The number of benzene rings is 3. The van der Waals surface area contributed by atoms with Crippen LogP contribution in [0.2, 0.25) is 0 Å². The fourth-order valence-electron chi connectivity index (χ4n) is 5.48. The van der Waals surface area contributed by atoms with Crippen molar-refractivity contribution in [3.05, 3.63) is 89.0 Å². The summed E-state index contributed by atoms with van der Waals surface area (Å²) in [7, 11) is 4.65. The minimum atomic E-state index is -1.77. The molecule has 172 valence electrons. The van der Waals surface area contributed by atoms with Crippen LogP contribution in [-0.2, 0) is 20.7 Å². The lowest BCUT2D eigenvalue weighted by molar-refractivity contribution is -0.191. The van der Waals surface area contributed by atoms with E-state index < -0.39 is 23.3 Å². The summed E-state index contributed by atoms with van der Waals surface area (Å²) in [6.45, 7) is 0. The van der Waals surface area contributed by atoms with Crippen molar-refractivity contribution in [2.45, 2.75) is 17.3 Å². The maximum Gasteiger partial charge on any atom is 0.339 e. The summed E-state index contributed by atoms with van der Waals surface area (Å²) in [4.78, 5) is 12.8. The number of hydrogen-bond donors (Lipinski definition) is 1. The third-order valence-electron chi connectivity index (χ3n) is 6.94. The van der Waals surface area contributed by atoms with Gasteiger partial charge in [-0.05, 0) is 17.7 Å². The SMILES string of the molecule is COc1ccc([C@]23Oc4cc(OC)cc(OC)c4[C@@]2(O)[C@@H]2OC(=O)C2=C3c2ccccc2)cc1. The molecule has 3 aromatic carbocycles. The van der Waals surface area contributed by atoms with Crippen LogP contribution in [0.4, 0.5) is 0 Å². The minimum absolute atomic E-state index is 0.379. The molecule has 3 atom stereocenters. The maximum atomic E-state index is 12.8. The van der Waals surface area contributed by atoms with Crippen LogP contribution in [-0.4, -0.2) is 38.5 Å². The van der Waals surface area contributed by atoms with Gasteiger partial charge in [0.25, 0.3) is 0 Å². The molecule has 1 aliphatic carbocycles. The van der Waals surface area contributed by atoms with E-state index in [0.717, 1.165) is 5.56 Å². The first-order valence-corrected chi connectivity index (χ1v) is 10.8. The molecule has 0 spiro atoms. The largest absolute Gasteiger partial charge is 0.497 e. The molecule has 0 unspecified atom stereocenters. The number of esters is 1. The average Bonchev–Trinajstić information content (AvgIpc) is 3.24. The van der Waals surface area contributed by atoms with Crippen molar-refractivity contribution in [2.24, 2.45) is 0 Å². The summed E-state index contributed by atoms with van der Waals surface area (Å²) in [5.41, 5.74) is -0.479. The summed E-state index contributed by atoms with van der Waals surface area (Å²) >= 11 is 0. The summed E-state index contributed by atoms with van der Waals surface area (Å²) < 4.78 is 28.8. The Balaban J connectivity index is 1.71. The zero-order valence-electron chi connectivity index (χ0n) is 18.8. The van der Waals surface area contributed by atoms with E-state index in [9.17, 15) is 9.90 Å². The van der Waals surface area contributed by atoms with E-state index in [2.05, 4.69) is 0 Å². The molecule has 0 saturated carbocycles. The topological polar surface area (TPSA) is 83.5 Å². The van der Waals surface area contributed by atoms with E-state index >= 15 is 0 Å². The van der Waals surface area contributed by atoms with Crippen molar-refractivity contribution in [3.63, 3.8) is 0 Å². The van der Waals surface area contributed by atoms with E-state index in [1.165, 1.54) is 7.11 Å². The Morgan fingerprint density at radius 1 is 0.882 bits per heavy atom. The number of aliphatic hydroxyl groups is 1. The highest BCUT2D eigenvalue weighted by atomic mass is 16.6. The van der Waals surface area contributed by atoms with Crippen LogP contribution < -0.4 is 18.9 Å². The molecule has 0 amide bonds. The molecule has 0 aromatic heterocycles. The van der Waals surface area contributed by atoms with Crippen molar-refractivity contribution in [1.82, 2.24) is 0 Å². The van der Waals surface area contributed by atoms with Gasteiger partial charge in [-0.3, -0.25) is 0 Å². The van der Waals surface area contributed by atoms with Gasteiger partial charge in [0.2, 0.25) is 0 Å². The summed E-state index contributed by atoms with van der Waals surface area (Å²) in [5, 5.41) is 12.6. The molecule has 7 nitrogen and oxygen atoms in total. The van der Waals surface area contributed by atoms with Crippen LogP contribution in [0.3, 0.4) is 0 Å². The van der Waals surface area contributed by atoms with Crippen molar-refractivity contribution < 1.29 is 33.6 Å². The highest BCUT2D eigenvalue weighted by Crippen LogP contribution is 2.70. The summed E-state index contributed by atoms with van der Waals surface area (Å²) in [6, 6.07) is 20.1. The van der Waals surface area contributed by atoms with E-state index in [0.29, 0.717) is 45.3 Å². The molecule has 6 rings (SSSR count). The van der Waals surface area contributed by atoms with Crippen molar-refractivity contribution >= 4 is 11.5 Å². The number of hydrogen-bond acceptors (Lipinski definition) is 7. The fraction of sp³-hybridized carbons (Fsp3) is 0.222. The maximum absolute atomic E-state index is 12.8. The van der Waals surface area contributed by atoms with Gasteiger partial charge in [0.05, 0.1) is 32.5 Å². The Labute approximate surface area is 196 Å². The van der Waals surface area contributed by atoms with Gasteiger partial charge in [0.15, 0.2) is 17.3 Å². The number of carbonyl (C=O) groups excluding carboxylic acids is 1. The Morgan fingerprint density at radius 3 is 2.21 bits per heavy atom. The van der Waals surface area contributed by atoms with Gasteiger partial charge in [-0.1, -0.05) is 42.5 Å². The highest BCUT2D eigenvalue weighted by Gasteiger charge is 2.78. The quantitative estimate of drug-likeness (QED) is 0.585. The molecule has 2 aliphatic heterocycles. The van der Waals surface area contributed by atoms with Crippen LogP contribution in [0.5, 0.6) is 23.0 Å². The van der Waals surface area contributed by atoms with E-state index in [1.54, 1.807) is 38.5 Å². The summed E-state index contributed by atoms with van der Waals surface area (Å²) in [6.07, 6.45) is -0.930. The number of methoxy groups -OCH3 is 3. The van der Waals surface area contributed by atoms with Crippen LogP contribution in [0.15, 0.2) is 72.3 Å². The normalized spacial score (nSPS) is 26.0. The van der Waals surface area contributed by atoms with Crippen molar-refractivity contribution in [1.29, 1.82) is 0 Å². The fourth-order valence-corrected chi connectivity index (χ4v) is 5.48. The van der Waals surface area contributed by atoms with Crippen LogP contribution >= 0.6 is 0 Å². The standard InChI is InChI=1S/C27H22O7/c1-30-17-11-9-16(10-12-17)27-22(15-7-5-4-6-8-15)21-24(33-25(21)28)26(27,29)23-19(32-3)13-18(31-2)14-20(23)34-27/h4-14,24,29H,1-3H3/t24-,26-,27-/m1/s1. The number of fused-ring (bicyclic) bond motifs is 5. The molecule has 34 heavy (non-hydrogen) atoms. The van der Waals surface area contributed by atoms with Gasteiger partial charge in [0, 0.05) is 23.3 Å². The van der Waals surface area contributed by atoms with Gasteiger partial charge in [-0.15, -0.1) is 0 Å². The van der Waals surface area contributed by atoms with E-state index in [4.69, 9.17) is 23.7 Å². The highest BCUT2D eigenvalue weighted by molar-refractivity contribution is 6.09. The summed E-state index contributed by atoms with van der Waals surface area (Å²) in [5.74, 6) is 1.46. The predicted molar refractivity (Wildman–Crippen MR) is 122 cm³/mol. The number of rotatable bonds is 5. The lowest BCUT2D eigenvalue weighted by Gasteiger charge is -2.41. The van der Waals surface area contributed by atoms with Gasteiger partial charge in [-0.2, -0.15) is 0 Å². The monoisotopic (exact) mass is 458 g/mol. The number of ether oxygens (including phenoxy) is 5. The smallest absolute Gasteiger partial charge is 0.339 e. The second kappa shape index (κ2) is 7.01. The van der Waals surface area contributed by atoms with Gasteiger partial charge >= 0.3 is 5.97 Å². The minimum Gasteiger partial charge on any atom is -0.497 e. The Bertz CT molecular complexity index is 1350. The van der Waals surface area contributed by atoms with Gasteiger partial charge in [0.1, 0.15) is 23.0 Å². The molecule has 1 saturated heterocycles. The molecule has 0 radical (unpaired) electrons. The zero-order chi connectivity index (χ0) is 23.7. The van der Waals surface area contributed by atoms with Crippen LogP contribution in [0, 0.1) is 0 Å². The molecule has 1 N–H and O–H groups in total. The lowest BCUT2D eigenvalue weighted by atomic mass is 9.71. The van der Waals surface area contributed by atoms with Crippen LogP contribution in [0.25, 0.3) is 5.57 Å². The van der Waals surface area contributed by atoms with E-state index in [-0.39, 0.29) is 0 Å². The van der Waals surface area contributed by atoms with E-state index in [1.807, 2.05) is 42.5 Å². The van der Waals surface area contributed by atoms with Crippen molar-refractivity contribution in [2.75, 3.05) is 21.3 Å². The second-order valence-electron chi connectivity index (χ2n) is 8.42. The zero-order valence-corrected chi connectivity index (χ0v) is 18.8. The molecule has 2 heterocycles. The molecule has 3 aromatic rings. The lowest BCUT2D eigenvalue weighted by Crippen LogP contribution is -2.56.